The van der Waals surface area contributed by atoms with Gasteiger partial charge in [0.15, 0.2) is 5.13 Å². The van der Waals surface area contributed by atoms with Gasteiger partial charge in [-0.3, -0.25) is 14.6 Å². The number of aryl methyl sites for hydroxylation is 1. The molecule has 0 spiro atoms. The first-order valence-electron chi connectivity index (χ1n) is 12.9. The van der Waals surface area contributed by atoms with Gasteiger partial charge in [0.2, 0.25) is 5.91 Å². The average Bonchev–Trinajstić information content (AvgIpc) is 3.50. The quantitative estimate of drug-likeness (QED) is 0.328. The highest BCUT2D eigenvalue weighted by Gasteiger charge is 2.30. The van der Waals surface area contributed by atoms with Crippen molar-refractivity contribution >= 4 is 39.9 Å². The molecule has 1 fully saturated rings. The molecule has 1 saturated carbocycles. The number of thiazole rings is 1. The van der Waals surface area contributed by atoms with Gasteiger partial charge >= 0.3 is 0 Å². The normalized spacial score (nSPS) is 15.0. The lowest BCUT2D eigenvalue weighted by Gasteiger charge is -2.23. The predicted octanol–water partition coefficient (Wildman–Crippen LogP) is 5.83. The Morgan fingerprint density at radius 1 is 1.13 bits per heavy atom. The number of amides is 2. The summed E-state index contributed by atoms with van der Waals surface area (Å²) < 4.78 is 1.84. The second-order valence-corrected chi connectivity index (χ2v) is 11.2. The van der Waals surface area contributed by atoms with E-state index in [0.29, 0.717) is 21.4 Å². The zero-order valence-electron chi connectivity index (χ0n) is 21.0. The lowest BCUT2D eigenvalue weighted by atomic mass is 9.95. The van der Waals surface area contributed by atoms with Crippen molar-refractivity contribution in [2.24, 2.45) is 0 Å². The molecule has 1 aromatic carbocycles. The molecule has 2 N–H and O–H groups in total. The molecule has 2 aliphatic carbocycles. The molecular formula is C28H27ClN6O2S. The van der Waals surface area contributed by atoms with E-state index in [0.717, 1.165) is 71.6 Å². The van der Waals surface area contributed by atoms with Crippen LogP contribution in [0.15, 0.2) is 42.7 Å². The largest absolute Gasteiger partial charge is 0.349 e. The zero-order valence-corrected chi connectivity index (χ0v) is 22.5. The van der Waals surface area contributed by atoms with E-state index in [4.69, 9.17) is 16.7 Å². The zero-order chi connectivity index (χ0) is 26.2. The van der Waals surface area contributed by atoms with E-state index in [9.17, 15) is 9.59 Å². The number of hydrogen-bond acceptors (Lipinski definition) is 6. The van der Waals surface area contributed by atoms with Crippen LogP contribution in [0.5, 0.6) is 0 Å². The van der Waals surface area contributed by atoms with Crippen molar-refractivity contribution in [1.82, 2.24) is 25.1 Å². The van der Waals surface area contributed by atoms with Crippen LogP contribution in [0.3, 0.4) is 0 Å². The van der Waals surface area contributed by atoms with Crippen LogP contribution in [0.1, 0.15) is 60.6 Å². The molecule has 3 aromatic heterocycles. The van der Waals surface area contributed by atoms with Gasteiger partial charge in [0.05, 0.1) is 32.7 Å². The van der Waals surface area contributed by atoms with Gasteiger partial charge in [0.25, 0.3) is 5.91 Å². The Morgan fingerprint density at radius 3 is 2.71 bits per heavy atom. The number of fused-ring (bicyclic) bond motifs is 3. The van der Waals surface area contributed by atoms with Crippen molar-refractivity contribution in [3.8, 4) is 27.5 Å². The summed E-state index contributed by atoms with van der Waals surface area (Å²) in [5.41, 5.74) is 5.86. The Kier molecular flexibility index (Phi) is 6.71. The van der Waals surface area contributed by atoms with Crippen LogP contribution in [0.2, 0.25) is 5.02 Å². The Bertz CT molecular complexity index is 1520. The molecule has 3 heterocycles. The Labute approximate surface area is 229 Å². The van der Waals surface area contributed by atoms with E-state index in [1.807, 2.05) is 22.9 Å². The molecule has 38 heavy (non-hydrogen) atoms. The third-order valence-corrected chi connectivity index (χ3v) is 8.43. The first kappa shape index (κ1) is 24.8. The van der Waals surface area contributed by atoms with Crippen molar-refractivity contribution in [1.29, 1.82) is 0 Å². The molecule has 0 unspecified atom stereocenters. The molecule has 0 bridgehead atoms. The van der Waals surface area contributed by atoms with Gasteiger partial charge in [0, 0.05) is 42.0 Å². The van der Waals surface area contributed by atoms with E-state index in [1.54, 1.807) is 24.5 Å². The number of hydrogen-bond donors (Lipinski definition) is 2. The highest BCUT2D eigenvalue weighted by molar-refractivity contribution is 7.19. The summed E-state index contributed by atoms with van der Waals surface area (Å²) >= 11 is 8.26. The number of carbonyl (C=O) groups excluding carboxylic acids is 2. The van der Waals surface area contributed by atoms with Crippen LogP contribution in [-0.4, -0.2) is 37.6 Å². The number of pyridine rings is 1. The molecule has 6 rings (SSSR count). The van der Waals surface area contributed by atoms with Crippen LogP contribution in [0, 0.1) is 0 Å². The summed E-state index contributed by atoms with van der Waals surface area (Å²) in [6.45, 7) is 1.47. The Hall–Kier alpha value is -3.56. The van der Waals surface area contributed by atoms with Gasteiger partial charge in [-0.1, -0.05) is 42.2 Å². The highest BCUT2D eigenvalue weighted by Crippen LogP contribution is 2.44. The number of rotatable bonds is 5. The number of nitrogens with zero attached hydrogens (tertiary/aromatic N) is 4. The van der Waals surface area contributed by atoms with Gasteiger partial charge in [-0.2, -0.15) is 5.10 Å². The van der Waals surface area contributed by atoms with Gasteiger partial charge in [-0.25, -0.2) is 9.67 Å². The lowest BCUT2D eigenvalue weighted by Crippen LogP contribution is -2.36. The van der Waals surface area contributed by atoms with Crippen LogP contribution >= 0.6 is 22.9 Å². The molecule has 10 heteroatoms. The summed E-state index contributed by atoms with van der Waals surface area (Å²) in [6.07, 6.45) is 10.6. The van der Waals surface area contributed by atoms with Crippen LogP contribution in [0.25, 0.3) is 27.5 Å². The summed E-state index contributed by atoms with van der Waals surface area (Å²) in [5.74, 6) is -0.264. The number of aromatic nitrogens is 4. The number of anilines is 1. The van der Waals surface area contributed by atoms with E-state index in [1.165, 1.54) is 24.7 Å². The Morgan fingerprint density at radius 2 is 1.97 bits per heavy atom. The molecule has 8 nitrogen and oxygen atoms in total. The fraction of sp³-hybridized carbons (Fsp3) is 0.321. The highest BCUT2D eigenvalue weighted by atomic mass is 35.5. The third-order valence-electron chi connectivity index (χ3n) is 7.10. The van der Waals surface area contributed by atoms with E-state index in [2.05, 4.69) is 20.6 Å². The Balaban J connectivity index is 1.42. The second-order valence-electron chi connectivity index (χ2n) is 9.78. The second kappa shape index (κ2) is 10.3. The minimum atomic E-state index is -0.161. The van der Waals surface area contributed by atoms with Crippen LogP contribution < -0.4 is 10.6 Å². The van der Waals surface area contributed by atoms with E-state index < -0.39 is 0 Å². The first-order valence-corrected chi connectivity index (χ1v) is 14.1. The van der Waals surface area contributed by atoms with Crippen LogP contribution in [0.4, 0.5) is 5.13 Å². The van der Waals surface area contributed by atoms with Crippen molar-refractivity contribution < 1.29 is 9.59 Å². The fourth-order valence-electron chi connectivity index (χ4n) is 5.32. The minimum Gasteiger partial charge on any atom is -0.349 e. The van der Waals surface area contributed by atoms with Crippen molar-refractivity contribution in [3.05, 3.63) is 64.6 Å². The van der Waals surface area contributed by atoms with Crippen molar-refractivity contribution in [2.75, 3.05) is 5.32 Å². The number of carbonyl (C=O) groups is 2. The topological polar surface area (TPSA) is 102 Å². The maximum absolute atomic E-state index is 12.9. The van der Waals surface area contributed by atoms with Gasteiger partial charge in [-0.05, 0) is 56.0 Å². The maximum Gasteiger partial charge on any atom is 0.251 e. The molecule has 0 radical (unpaired) electrons. The number of nitrogens with one attached hydrogen (secondary N) is 2. The molecule has 0 saturated heterocycles. The molecule has 0 aliphatic heterocycles. The third kappa shape index (κ3) is 4.72. The fourth-order valence-corrected chi connectivity index (χ4v) is 6.70. The predicted molar refractivity (Wildman–Crippen MR) is 149 cm³/mol. The summed E-state index contributed by atoms with van der Waals surface area (Å²) in [7, 11) is 0. The van der Waals surface area contributed by atoms with Crippen LogP contribution in [-0.2, 0) is 17.6 Å². The molecule has 2 amide bonds. The maximum atomic E-state index is 12.9. The van der Waals surface area contributed by atoms with Crippen molar-refractivity contribution in [3.63, 3.8) is 0 Å². The SMILES string of the molecule is CC(=O)Nc1nc2c(s1)-c1c(c(-c3cccnc3)nn1-c1ccc(C(=O)NC3CCCCC3)cc1Cl)CC2. The lowest BCUT2D eigenvalue weighted by molar-refractivity contribution is -0.114. The van der Waals surface area contributed by atoms with Crippen molar-refractivity contribution in [2.45, 2.75) is 57.9 Å². The minimum absolute atomic E-state index is 0.103. The van der Waals surface area contributed by atoms with Gasteiger partial charge in [0.1, 0.15) is 0 Å². The number of halogens is 1. The molecule has 4 aromatic rings. The summed E-state index contributed by atoms with van der Waals surface area (Å²) in [6, 6.07) is 9.47. The molecule has 2 aliphatic rings. The van der Waals surface area contributed by atoms with Gasteiger partial charge < -0.3 is 10.6 Å². The summed E-state index contributed by atoms with van der Waals surface area (Å²) in [5, 5.41) is 12.0. The monoisotopic (exact) mass is 546 g/mol. The molecule has 0 atom stereocenters. The van der Waals surface area contributed by atoms with Gasteiger partial charge in [-0.15, -0.1) is 0 Å². The first-order chi connectivity index (χ1) is 18.5. The standard InChI is InChI=1S/C28H27ClN6O2S/c1-16(36)31-28-33-22-11-10-20-24(18-6-5-13-30-15-18)34-35(25(20)26(22)38-28)23-12-9-17(14-21(23)29)27(37)32-19-7-3-2-4-8-19/h5-6,9,12-15,19H,2-4,7-8,10-11H2,1H3,(H,32,37)(H,31,33,36). The number of benzene rings is 1. The van der Waals surface area contributed by atoms with E-state index >= 15 is 0 Å². The molecule has 194 valence electrons. The smallest absolute Gasteiger partial charge is 0.251 e. The summed E-state index contributed by atoms with van der Waals surface area (Å²) in [4.78, 5) is 34.5. The average molecular weight is 547 g/mol. The molecular weight excluding hydrogens is 520 g/mol. The van der Waals surface area contributed by atoms with E-state index in [-0.39, 0.29) is 17.9 Å².